The highest BCUT2D eigenvalue weighted by Crippen LogP contribution is 2.15. The summed E-state index contributed by atoms with van der Waals surface area (Å²) in [6.45, 7) is 4.73. The van der Waals surface area contributed by atoms with Crippen LogP contribution < -0.4 is 5.32 Å². The first kappa shape index (κ1) is 22.7. The van der Waals surface area contributed by atoms with E-state index in [1.165, 1.54) is 49.8 Å². The maximum Gasteiger partial charge on any atom is 0.251 e. The van der Waals surface area contributed by atoms with Crippen molar-refractivity contribution in [1.29, 1.82) is 0 Å². The van der Waals surface area contributed by atoms with Crippen LogP contribution in [0, 0.1) is 0 Å². The van der Waals surface area contributed by atoms with Gasteiger partial charge in [0, 0.05) is 19.4 Å². The molecule has 1 fully saturated rings. The maximum absolute atomic E-state index is 12.4. The van der Waals surface area contributed by atoms with Gasteiger partial charge in [0.25, 0.3) is 5.91 Å². The van der Waals surface area contributed by atoms with E-state index < -0.39 is 6.04 Å². The van der Waals surface area contributed by atoms with E-state index >= 15 is 0 Å². The van der Waals surface area contributed by atoms with Gasteiger partial charge in [0.1, 0.15) is 6.04 Å². The Hall–Kier alpha value is -1.39. The lowest BCUT2D eigenvalue weighted by Crippen LogP contribution is -2.54. The molecule has 150 valence electrons. The quantitative estimate of drug-likeness (QED) is 0.367. The lowest BCUT2D eigenvalue weighted by atomic mass is 10.0. The van der Waals surface area contributed by atoms with E-state index in [0.717, 1.165) is 25.7 Å². The molecule has 1 heterocycles. The number of rotatable bonds is 14. The highest BCUT2D eigenvalue weighted by atomic mass is 16.2. The van der Waals surface area contributed by atoms with E-state index in [0.29, 0.717) is 25.8 Å². The minimum absolute atomic E-state index is 0.0592. The summed E-state index contributed by atoms with van der Waals surface area (Å²) in [4.78, 5) is 37.7. The SMILES string of the molecule is CCCCCCCCCCCC(=O)NC1CCC(=O)N(CCCC)C1=O. The van der Waals surface area contributed by atoms with Crippen LogP contribution in [0.1, 0.15) is 104 Å². The second-order valence-corrected chi connectivity index (χ2v) is 7.47. The molecule has 1 saturated heterocycles. The Labute approximate surface area is 159 Å². The molecular weight excluding hydrogens is 328 g/mol. The highest BCUT2D eigenvalue weighted by molar-refractivity contribution is 6.01. The molecule has 1 unspecified atom stereocenters. The van der Waals surface area contributed by atoms with Crippen molar-refractivity contribution in [2.24, 2.45) is 0 Å². The van der Waals surface area contributed by atoms with Gasteiger partial charge >= 0.3 is 0 Å². The Bertz CT molecular complexity index is 437. The average molecular weight is 367 g/mol. The van der Waals surface area contributed by atoms with Crippen LogP contribution in [0.15, 0.2) is 0 Å². The van der Waals surface area contributed by atoms with Gasteiger partial charge in [-0.1, -0.05) is 71.6 Å². The molecule has 0 radical (unpaired) electrons. The zero-order valence-electron chi connectivity index (χ0n) is 16.9. The second kappa shape index (κ2) is 13.8. The minimum atomic E-state index is -0.518. The number of imide groups is 1. The van der Waals surface area contributed by atoms with Gasteiger partial charge in [0.15, 0.2) is 0 Å². The van der Waals surface area contributed by atoms with Gasteiger partial charge in [0.2, 0.25) is 11.8 Å². The van der Waals surface area contributed by atoms with Crippen molar-refractivity contribution in [1.82, 2.24) is 10.2 Å². The summed E-state index contributed by atoms with van der Waals surface area (Å²) in [5.74, 6) is -0.390. The van der Waals surface area contributed by atoms with E-state index in [1.807, 2.05) is 6.92 Å². The lowest BCUT2D eigenvalue weighted by molar-refractivity contribution is -0.151. The molecule has 5 nitrogen and oxygen atoms in total. The molecule has 0 saturated carbocycles. The summed E-state index contributed by atoms with van der Waals surface area (Å²) < 4.78 is 0. The normalized spacial score (nSPS) is 17.6. The van der Waals surface area contributed by atoms with Crippen LogP contribution >= 0.6 is 0 Å². The molecule has 1 aliphatic heterocycles. The third kappa shape index (κ3) is 8.81. The lowest BCUT2D eigenvalue weighted by Gasteiger charge is -2.31. The van der Waals surface area contributed by atoms with Gasteiger partial charge in [-0.25, -0.2) is 0 Å². The fourth-order valence-electron chi connectivity index (χ4n) is 3.39. The molecule has 1 aliphatic rings. The van der Waals surface area contributed by atoms with E-state index in [9.17, 15) is 14.4 Å². The number of hydrogen-bond acceptors (Lipinski definition) is 3. The molecule has 0 spiro atoms. The number of nitrogens with one attached hydrogen (secondary N) is 1. The van der Waals surface area contributed by atoms with E-state index in [4.69, 9.17) is 0 Å². The van der Waals surface area contributed by atoms with Crippen LogP contribution in [0.4, 0.5) is 0 Å². The van der Waals surface area contributed by atoms with Gasteiger partial charge < -0.3 is 5.32 Å². The fraction of sp³-hybridized carbons (Fsp3) is 0.857. The molecule has 1 rings (SSSR count). The number of unbranched alkanes of at least 4 members (excludes halogenated alkanes) is 9. The van der Waals surface area contributed by atoms with E-state index in [2.05, 4.69) is 12.2 Å². The fourth-order valence-corrected chi connectivity index (χ4v) is 3.39. The summed E-state index contributed by atoms with van der Waals surface area (Å²) >= 11 is 0. The summed E-state index contributed by atoms with van der Waals surface area (Å²) in [7, 11) is 0. The van der Waals surface area contributed by atoms with Gasteiger partial charge in [-0.2, -0.15) is 0 Å². The standard InChI is InChI=1S/C21H38N2O3/c1-3-5-7-8-9-10-11-12-13-14-19(24)22-18-15-16-20(25)23(21(18)26)17-6-4-2/h18H,3-17H2,1-2H3,(H,22,24). The third-order valence-electron chi connectivity index (χ3n) is 5.09. The molecule has 26 heavy (non-hydrogen) atoms. The zero-order chi connectivity index (χ0) is 19.2. The van der Waals surface area contributed by atoms with Crippen LogP contribution in [0.3, 0.4) is 0 Å². The number of likely N-dealkylation sites (tertiary alicyclic amines) is 1. The Kier molecular flexibility index (Phi) is 12.0. The van der Waals surface area contributed by atoms with Gasteiger partial charge in [-0.15, -0.1) is 0 Å². The predicted molar refractivity (Wildman–Crippen MR) is 105 cm³/mol. The number of carbonyl (C=O) groups is 3. The molecule has 1 N–H and O–H groups in total. The number of carbonyl (C=O) groups excluding carboxylic acids is 3. The Balaban J connectivity index is 2.16. The molecule has 3 amide bonds. The smallest absolute Gasteiger partial charge is 0.251 e. The Morgan fingerprint density at radius 2 is 1.50 bits per heavy atom. The van der Waals surface area contributed by atoms with Crippen molar-refractivity contribution < 1.29 is 14.4 Å². The topological polar surface area (TPSA) is 66.5 Å². The van der Waals surface area contributed by atoms with E-state index in [1.54, 1.807) is 0 Å². The molecule has 0 aliphatic carbocycles. The van der Waals surface area contributed by atoms with E-state index in [-0.39, 0.29) is 17.7 Å². The van der Waals surface area contributed by atoms with Crippen LogP contribution in [0.2, 0.25) is 0 Å². The largest absolute Gasteiger partial charge is 0.344 e. The maximum atomic E-state index is 12.4. The van der Waals surface area contributed by atoms with Gasteiger partial charge in [-0.3, -0.25) is 19.3 Å². The Morgan fingerprint density at radius 1 is 0.923 bits per heavy atom. The first-order valence-corrected chi connectivity index (χ1v) is 10.7. The van der Waals surface area contributed by atoms with Crippen LogP contribution in [0.5, 0.6) is 0 Å². The number of hydrogen-bond donors (Lipinski definition) is 1. The summed E-state index contributed by atoms with van der Waals surface area (Å²) in [5.41, 5.74) is 0. The van der Waals surface area contributed by atoms with Crippen molar-refractivity contribution in [2.75, 3.05) is 6.54 Å². The van der Waals surface area contributed by atoms with Crippen molar-refractivity contribution in [2.45, 2.75) is 110 Å². The molecule has 0 aromatic heterocycles. The van der Waals surface area contributed by atoms with Crippen LogP contribution in [-0.2, 0) is 14.4 Å². The van der Waals surface area contributed by atoms with Crippen LogP contribution in [0.25, 0.3) is 0 Å². The molecule has 5 heteroatoms. The van der Waals surface area contributed by atoms with Crippen LogP contribution in [-0.4, -0.2) is 35.2 Å². The molecule has 0 bridgehead atoms. The van der Waals surface area contributed by atoms with Gasteiger partial charge in [-0.05, 0) is 19.3 Å². The van der Waals surface area contributed by atoms with Crippen molar-refractivity contribution in [3.63, 3.8) is 0 Å². The first-order chi connectivity index (χ1) is 12.6. The summed E-state index contributed by atoms with van der Waals surface area (Å²) in [6, 6.07) is -0.518. The predicted octanol–water partition coefficient (Wildman–Crippen LogP) is 4.34. The third-order valence-corrected chi connectivity index (χ3v) is 5.09. The molecule has 0 aromatic carbocycles. The molecule has 0 aromatic rings. The second-order valence-electron chi connectivity index (χ2n) is 7.47. The van der Waals surface area contributed by atoms with Crippen molar-refractivity contribution in [3.8, 4) is 0 Å². The van der Waals surface area contributed by atoms with Crippen molar-refractivity contribution in [3.05, 3.63) is 0 Å². The summed E-state index contributed by atoms with van der Waals surface area (Å²) in [6.07, 6.45) is 14.0. The number of piperidine rings is 1. The first-order valence-electron chi connectivity index (χ1n) is 10.7. The van der Waals surface area contributed by atoms with Crippen molar-refractivity contribution >= 4 is 17.7 Å². The number of nitrogens with zero attached hydrogens (tertiary/aromatic N) is 1. The van der Waals surface area contributed by atoms with Gasteiger partial charge in [0.05, 0.1) is 0 Å². The summed E-state index contributed by atoms with van der Waals surface area (Å²) in [5, 5.41) is 2.84. The Morgan fingerprint density at radius 3 is 2.12 bits per heavy atom. The molecular formula is C21H38N2O3. The minimum Gasteiger partial charge on any atom is -0.344 e. The highest BCUT2D eigenvalue weighted by Gasteiger charge is 2.34. The number of amides is 3. The average Bonchev–Trinajstić information content (AvgIpc) is 2.62. The molecule has 1 atom stereocenters. The zero-order valence-corrected chi connectivity index (χ0v) is 16.9. The monoisotopic (exact) mass is 366 g/mol.